The fourth-order valence-electron chi connectivity index (χ4n) is 1.67. The van der Waals surface area contributed by atoms with Crippen molar-refractivity contribution in [3.63, 3.8) is 0 Å². The Morgan fingerprint density at radius 3 is 2.62 bits per heavy atom. The molecule has 0 amide bonds. The minimum atomic E-state index is -0.336. The Morgan fingerprint density at radius 2 is 2.12 bits per heavy atom. The van der Waals surface area contributed by atoms with E-state index in [0.717, 1.165) is 12.1 Å². The lowest BCUT2D eigenvalue weighted by molar-refractivity contribution is 0.370. The average Bonchev–Trinajstić information content (AvgIpc) is 2.16. The summed E-state index contributed by atoms with van der Waals surface area (Å²) in [7, 11) is 5.39. The van der Waals surface area contributed by atoms with Crippen molar-refractivity contribution in [3.05, 3.63) is 29.6 Å². The van der Waals surface area contributed by atoms with Crippen molar-refractivity contribution in [2.75, 3.05) is 27.7 Å². The zero-order chi connectivity index (χ0) is 12.1. The molecule has 1 atom stereocenters. The summed E-state index contributed by atoms with van der Waals surface area (Å²) in [6, 6.07) is 4.97. The van der Waals surface area contributed by atoms with E-state index in [2.05, 4.69) is 0 Å². The van der Waals surface area contributed by atoms with E-state index in [-0.39, 0.29) is 17.6 Å². The Labute approximate surface area is 96.0 Å². The van der Waals surface area contributed by atoms with E-state index in [1.165, 1.54) is 13.2 Å². The maximum Gasteiger partial charge on any atom is 0.165 e. The van der Waals surface area contributed by atoms with Gasteiger partial charge in [-0.15, -0.1) is 0 Å². The number of methoxy groups -OCH3 is 1. The number of hydrogen-bond donors (Lipinski definition) is 1. The normalized spacial score (nSPS) is 12.9. The number of ether oxygens (including phenoxy) is 1. The maximum absolute atomic E-state index is 13.4. The van der Waals surface area contributed by atoms with Crippen LogP contribution in [0.1, 0.15) is 5.56 Å². The smallest absolute Gasteiger partial charge is 0.165 e. The molecule has 0 heterocycles. The van der Waals surface area contributed by atoms with Gasteiger partial charge in [0.1, 0.15) is 0 Å². The molecule has 1 unspecified atom stereocenters. The van der Waals surface area contributed by atoms with E-state index in [4.69, 9.17) is 10.5 Å². The second-order valence-electron chi connectivity index (χ2n) is 4.20. The van der Waals surface area contributed by atoms with Crippen LogP contribution in [0.15, 0.2) is 18.2 Å². The summed E-state index contributed by atoms with van der Waals surface area (Å²) >= 11 is 0. The van der Waals surface area contributed by atoms with Gasteiger partial charge in [0.15, 0.2) is 11.6 Å². The minimum Gasteiger partial charge on any atom is -0.494 e. The van der Waals surface area contributed by atoms with Crippen LogP contribution < -0.4 is 10.5 Å². The van der Waals surface area contributed by atoms with Crippen molar-refractivity contribution in [2.45, 2.75) is 12.5 Å². The van der Waals surface area contributed by atoms with Crippen molar-refractivity contribution in [3.8, 4) is 5.75 Å². The molecule has 1 rings (SSSR count). The molecule has 0 spiro atoms. The molecule has 1 aromatic carbocycles. The van der Waals surface area contributed by atoms with Gasteiger partial charge in [0, 0.05) is 12.6 Å². The standard InChI is InChI=1S/C12H19FN2O/c1-15(2)8-10(14)6-9-4-5-12(16-3)11(13)7-9/h4-5,7,10H,6,8,14H2,1-3H3. The molecule has 3 nitrogen and oxygen atoms in total. The molecule has 0 saturated heterocycles. The van der Waals surface area contributed by atoms with Crippen molar-refractivity contribution >= 4 is 0 Å². The van der Waals surface area contributed by atoms with Crippen LogP contribution in [0.5, 0.6) is 5.75 Å². The SMILES string of the molecule is COc1ccc(CC(N)CN(C)C)cc1F. The van der Waals surface area contributed by atoms with Gasteiger partial charge in [0.05, 0.1) is 7.11 Å². The average molecular weight is 226 g/mol. The van der Waals surface area contributed by atoms with Crippen LogP contribution in [-0.2, 0) is 6.42 Å². The van der Waals surface area contributed by atoms with Gasteiger partial charge in [-0.05, 0) is 38.2 Å². The molecule has 0 aliphatic carbocycles. The largest absolute Gasteiger partial charge is 0.494 e. The van der Waals surface area contributed by atoms with Gasteiger partial charge in [0.2, 0.25) is 0 Å². The van der Waals surface area contributed by atoms with Crippen LogP contribution >= 0.6 is 0 Å². The Morgan fingerprint density at radius 1 is 1.44 bits per heavy atom. The lowest BCUT2D eigenvalue weighted by Gasteiger charge is -2.17. The molecule has 90 valence electrons. The van der Waals surface area contributed by atoms with Crippen molar-refractivity contribution in [1.82, 2.24) is 4.90 Å². The molecular formula is C12H19FN2O. The highest BCUT2D eigenvalue weighted by Gasteiger charge is 2.08. The second-order valence-corrected chi connectivity index (χ2v) is 4.20. The highest BCUT2D eigenvalue weighted by Crippen LogP contribution is 2.18. The number of rotatable bonds is 5. The molecule has 0 aliphatic rings. The van der Waals surface area contributed by atoms with Crippen molar-refractivity contribution in [1.29, 1.82) is 0 Å². The Hall–Kier alpha value is -1.13. The summed E-state index contributed by atoms with van der Waals surface area (Å²) in [4.78, 5) is 2.02. The molecule has 4 heteroatoms. The first-order valence-electron chi connectivity index (χ1n) is 5.25. The van der Waals surface area contributed by atoms with Gasteiger partial charge < -0.3 is 15.4 Å². The summed E-state index contributed by atoms with van der Waals surface area (Å²) in [6.07, 6.45) is 0.666. The fraction of sp³-hybridized carbons (Fsp3) is 0.500. The van der Waals surface area contributed by atoms with Gasteiger partial charge in [-0.3, -0.25) is 0 Å². The van der Waals surface area contributed by atoms with Gasteiger partial charge in [-0.25, -0.2) is 4.39 Å². The number of halogens is 1. The van der Waals surface area contributed by atoms with E-state index in [1.54, 1.807) is 6.07 Å². The first kappa shape index (κ1) is 12.9. The molecule has 0 bridgehead atoms. The highest BCUT2D eigenvalue weighted by molar-refractivity contribution is 5.29. The first-order valence-corrected chi connectivity index (χ1v) is 5.25. The number of likely N-dealkylation sites (N-methyl/N-ethyl adjacent to an activating group) is 1. The van der Waals surface area contributed by atoms with Crippen LogP contribution in [0.3, 0.4) is 0 Å². The number of benzene rings is 1. The quantitative estimate of drug-likeness (QED) is 0.821. The van der Waals surface area contributed by atoms with Gasteiger partial charge in [0.25, 0.3) is 0 Å². The summed E-state index contributed by atoms with van der Waals surface area (Å²) in [6.45, 7) is 0.785. The van der Waals surface area contributed by atoms with Crippen molar-refractivity contribution < 1.29 is 9.13 Å². The monoisotopic (exact) mass is 226 g/mol. The molecule has 1 aromatic rings. The first-order chi connectivity index (χ1) is 7.52. The molecule has 16 heavy (non-hydrogen) atoms. The number of nitrogens with two attached hydrogens (primary N) is 1. The van der Waals surface area contributed by atoms with E-state index < -0.39 is 0 Å². The van der Waals surface area contributed by atoms with Crippen LogP contribution in [0, 0.1) is 5.82 Å². The van der Waals surface area contributed by atoms with E-state index in [0.29, 0.717) is 6.42 Å². The predicted octanol–water partition coefficient (Wildman–Crippen LogP) is 1.27. The Kier molecular flexibility index (Phi) is 4.71. The Balaban J connectivity index is 2.64. The Bertz CT molecular complexity index is 342. The van der Waals surface area contributed by atoms with Crippen LogP contribution in [0.2, 0.25) is 0 Å². The van der Waals surface area contributed by atoms with Crippen LogP contribution in [0.4, 0.5) is 4.39 Å². The van der Waals surface area contributed by atoms with Gasteiger partial charge >= 0.3 is 0 Å². The lowest BCUT2D eigenvalue weighted by atomic mass is 10.1. The predicted molar refractivity (Wildman–Crippen MR) is 63.2 cm³/mol. The van der Waals surface area contributed by atoms with Crippen molar-refractivity contribution in [2.24, 2.45) is 5.73 Å². The zero-order valence-corrected chi connectivity index (χ0v) is 10.0. The summed E-state index contributed by atoms with van der Waals surface area (Å²) in [5, 5.41) is 0. The van der Waals surface area contributed by atoms with E-state index >= 15 is 0 Å². The molecule has 0 aromatic heterocycles. The fourth-order valence-corrected chi connectivity index (χ4v) is 1.67. The molecule has 0 saturated carbocycles. The summed E-state index contributed by atoms with van der Waals surface area (Å²) < 4.78 is 18.2. The topological polar surface area (TPSA) is 38.5 Å². The van der Waals surface area contributed by atoms with E-state index in [9.17, 15) is 4.39 Å². The summed E-state index contributed by atoms with van der Waals surface area (Å²) in [5.74, 6) is -0.0676. The zero-order valence-electron chi connectivity index (χ0n) is 10.0. The van der Waals surface area contributed by atoms with Crippen LogP contribution in [0.25, 0.3) is 0 Å². The second kappa shape index (κ2) is 5.82. The number of nitrogens with zero attached hydrogens (tertiary/aromatic N) is 1. The molecule has 0 fully saturated rings. The third-order valence-electron chi connectivity index (χ3n) is 2.31. The maximum atomic E-state index is 13.4. The third kappa shape index (κ3) is 3.79. The summed E-state index contributed by atoms with van der Waals surface area (Å²) in [5.41, 5.74) is 6.83. The molecule has 2 N–H and O–H groups in total. The van der Waals surface area contributed by atoms with Gasteiger partial charge in [-0.1, -0.05) is 6.07 Å². The lowest BCUT2D eigenvalue weighted by Crippen LogP contribution is -2.34. The molecular weight excluding hydrogens is 207 g/mol. The van der Waals surface area contributed by atoms with Gasteiger partial charge in [-0.2, -0.15) is 0 Å². The number of hydrogen-bond acceptors (Lipinski definition) is 3. The third-order valence-corrected chi connectivity index (χ3v) is 2.31. The molecule has 0 radical (unpaired) electrons. The minimum absolute atomic E-state index is 0.0165. The molecule has 0 aliphatic heterocycles. The van der Waals surface area contributed by atoms with Crippen LogP contribution in [-0.4, -0.2) is 38.7 Å². The highest BCUT2D eigenvalue weighted by atomic mass is 19.1. The van der Waals surface area contributed by atoms with E-state index in [1.807, 2.05) is 25.1 Å².